The molecule has 0 fully saturated rings. The van der Waals surface area contributed by atoms with Gasteiger partial charge >= 0.3 is 12.1 Å². The van der Waals surface area contributed by atoms with Crippen molar-refractivity contribution in [1.82, 2.24) is 5.32 Å². The highest BCUT2D eigenvalue weighted by Gasteiger charge is 2.07. The van der Waals surface area contributed by atoms with Gasteiger partial charge in [0.15, 0.2) is 0 Å². The van der Waals surface area contributed by atoms with Crippen LogP contribution >= 0.6 is 0 Å². The van der Waals surface area contributed by atoms with Gasteiger partial charge in [-0.05, 0) is 23.6 Å². The Hall–Kier alpha value is -2.04. The minimum atomic E-state index is -0.665. The van der Waals surface area contributed by atoms with Crippen LogP contribution in [0.4, 0.5) is 4.79 Å². The summed E-state index contributed by atoms with van der Waals surface area (Å²) in [5.41, 5.74) is 1.17. The maximum atomic E-state index is 11.4. The summed E-state index contributed by atoms with van der Waals surface area (Å²) in [5.74, 6) is 0.338. The molecular formula is C13H17NO4. The molecule has 0 unspecified atom stereocenters. The molecule has 1 amide bonds. The van der Waals surface area contributed by atoms with E-state index in [-0.39, 0.29) is 6.54 Å². The van der Waals surface area contributed by atoms with Gasteiger partial charge in [0.05, 0.1) is 7.11 Å². The van der Waals surface area contributed by atoms with Crippen molar-refractivity contribution in [1.29, 1.82) is 0 Å². The van der Waals surface area contributed by atoms with E-state index in [1.807, 2.05) is 12.1 Å². The Balaban J connectivity index is 2.47. The average molecular weight is 251 g/mol. The lowest BCUT2D eigenvalue weighted by Gasteiger charge is -2.08. The number of esters is 1. The number of benzene rings is 1. The quantitative estimate of drug-likeness (QED) is 0.657. The number of carbonyl (C=O) groups is 2. The molecule has 0 aromatic heterocycles. The molecule has 0 heterocycles. The summed E-state index contributed by atoms with van der Waals surface area (Å²) in [6.07, 6.45) is -0.665. The summed E-state index contributed by atoms with van der Waals surface area (Å²) >= 11 is 0. The zero-order chi connectivity index (χ0) is 13.5. The van der Waals surface area contributed by atoms with Crippen LogP contribution in [0.15, 0.2) is 24.3 Å². The number of hydrogen-bond donors (Lipinski definition) is 1. The van der Waals surface area contributed by atoms with Crippen LogP contribution in [-0.4, -0.2) is 25.7 Å². The van der Waals surface area contributed by atoms with E-state index < -0.39 is 12.1 Å². The van der Waals surface area contributed by atoms with Crippen molar-refractivity contribution in [3.63, 3.8) is 0 Å². The number of nitrogens with one attached hydrogen (secondary N) is 1. The second kappa shape index (κ2) is 6.64. The molecule has 0 spiro atoms. The van der Waals surface area contributed by atoms with Crippen molar-refractivity contribution in [2.45, 2.75) is 19.8 Å². The van der Waals surface area contributed by atoms with Gasteiger partial charge in [-0.2, -0.15) is 0 Å². The molecule has 1 N–H and O–H groups in total. The fourth-order valence-corrected chi connectivity index (χ4v) is 1.30. The summed E-state index contributed by atoms with van der Waals surface area (Å²) in [6, 6.07) is 7.26. The number of alkyl carbamates (subject to hydrolysis) is 1. The van der Waals surface area contributed by atoms with Crippen molar-refractivity contribution in [3.8, 4) is 5.75 Å². The fraction of sp³-hybridized carbons (Fsp3) is 0.385. The molecule has 1 aromatic carbocycles. The number of carbonyl (C=O) groups excluding carboxylic acids is 2. The van der Waals surface area contributed by atoms with Crippen LogP contribution in [0.1, 0.15) is 25.3 Å². The minimum Gasteiger partial charge on any atom is -0.453 e. The zero-order valence-electron chi connectivity index (χ0n) is 10.7. The van der Waals surface area contributed by atoms with E-state index in [1.54, 1.807) is 12.1 Å². The molecule has 0 bridgehead atoms. The molecule has 1 aromatic rings. The van der Waals surface area contributed by atoms with Gasteiger partial charge in [-0.25, -0.2) is 9.59 Å². The molecular weight excluding hydrogens is 234 g/mol. The Morgan fingerprint density at radius 1 is 1.22 bits per heavy atom. The van der Waals surface area contributed by atoms with Crippen molar-refractivity contribution >= 4 is 12.1 Å². The lowest BCUT2D eigenvalue weighted by molar-refractivity contribution is -0.133. The SMILES string of the molecule is COC(=O)NCC(=O)Oc1ccc(C(C)C)cc1. The second-order valence-electron chi connectivity index (χ2n) is 4.04. The van der Waals surface area contributed by atoms with E-state index in [0.717, 1.165) is 0 Å². The number of ether oxygens (including phenoxy) is 2. The predicted octanol–water partition coefficient (Wildman–Crippen LogP) is 2.07. The van der Waals surface area contributed by atoms with Gasteiger partial charge in [-0.3, -0.25) is 0 Å². The maximum Gasteiger partial charge on any atom is 0.407 e. The van der Waals surface area contributed by atoms with Crippen LogP contribution in [0.25, 0.3) is 0 Å². The Labute approximate surface area is 106 Å². The van der Waals surface area contributed by atoms with Gasteiger partial charge in [0.1, 0.15) is 12.3 Å². The average Bonchev–Trinajstić information content (AvgIpc) is 2.36. The lowest BCUT2D eigenvalue weighted by Crippen LogP contribution is -2.31. The molecule has 18 heavy (non-hydrogen) atoms. The van der Waals surface area contributed by atoms with E-state index in [9.17, 15) is 9.59 Å². The third kappa shape index (κ3) is 4.45. The molecule has 0 saturated carbocycles. The Morgan fingerprint density at radius 3 is 2.33 bits per heavy atom. The Morgan fingerprint density at radius 2 is 1.83 bits per heavy atom. The van der Waals surface area contributed by atoms with Crippen LogP contribution in [0.2, 0.25) is 0 Å². The summed E-state index contributed by atoms with van der Waals surface area (Å²) in [5, 5.41) is 2.25. The molecule has 0 saturated heterocycles. The molecule has 98 valence electrons. The Bertz CT molecular complexity index is 412. The van der Waals surface area contributed by atoms with E-state index in [2.05, 4.69) is 23.9 Å². The van der Waals surface area contributed by atoms with Gasteiger partial charge < -0.3 is 14.8 Å². The molecule has 0 aliphatic carbocycles. The molecule has 0 atom stereocenters. The van der Waals surface area contributed by atoms with Gasteiger partial charge in [0, 0.05) is 0 Å². The van der Waals surface area contributed by atoms with Gasteiger partial charge in [-0.1, -0.05) is 26.0 Å². The fourth-order valence-electron chi connectivity index (χ4n) is 1.30. The number of hydrogen-bond acceptors (Lipinski definition) is 4. The van der Waals surface area contributed by atoms with Crippen molar-refractivity contribution in [2.75, 3.05) is 13.7 Å². The van der Waals surface area contributed by atoms with Crippen LogP contribution in [0.3, 0.4) is 0 Å². The van der Waals surface area contributed by atoms with Gasteiger partial charge in [0.25, 0.3) is 0 Å². The highest BCUT2D eigenvalue weighted by molar-refractivity contribution is 5.79. The molecule has 5 nitrogen and oxygen atoms in total. The first kappa shape index (κ1) is 14.0. The molecule has 5 heteroatoms. The highest BCUT2D eigenvalue weighted by Crippen LogP contribution is 2.18. The topological polar surface area (TPSA) is 64.6 Å². The Kier molecular flexibility index (Phi) is 5.17. The van der Waals surface area contributed by atoms with Crippen molar-refractivity contribution < 1.29 is 19.1 Å². The predicted molar refractivity (Wildman–Crippen MR) is 66.6 cm³/mol. The second-order valence-corrected chi connectivity index (χ2v) is 4.04. The first-order valence-electron chi connectivity index (χ1n) is 5.65. The van der Waals surface area contributed by atoms with E-state index in [1.165, 1.54) is 12.7 Å². The smallest absolute Gasteiger partial charge is 0.407 e. The van der Waals surface area contributed by atoms with Crippen LogP contribution in [-0.2, 0) is 9.53 Å². The van der Waals surface area contributed by atoms with Gasteiger partial charge in [0.2, 0.25) is 0 Å². The minimum absolute atomic E-state index is 0.224. The summed E-state index contributed by atoms with van der Waals surface area (Å²) in [7, 11) is 1.23. The van der Waals surface area contributed by atoms with E-state index in [0.29, 0.717) is 11.7 Å². The van der Waals surface area contributed by atoms with Crippen LogP contribution < -0.4 is 10.1 Å². The summed E-state index contributed by atoms with van der Waals surface area (Å²) in [6.45, 7) is 3.95. The van der Waals surface area contributed by atoms with E-state index >= 15 is 0 Å². The maximum absolute atomic E-state index is 11.4. The normalized spacial score (nSPS) is 10.0. The first-order valence-corrected chi connectivity index (χ1v) is 5.65. The molecule has 0 aliphatic heterocycles. The molecule has 0 aliphatic rings. The number of amides is 1. The highest BCUT2D eigenvalue weighted by atomic mass is 16.5. The van der Waals surface area contributed by atoms with Crippen molar-refractivity contribution in [2.24, 2.45) is 0 Å². The zero-order valence-corrected chi connectivity index (χ0v) is 10.7. The lowest BCUT2D eigenvalue weighted by atomic mass is 10.0. The van der Waals surface area contributed by atoms with Crippen LogP contribution in [0.5, 0.6) is 5.75 Å². The molecule has 1 rings (SSSR count). The van der Waals surface area contributed by atoms with Gasteiger partial charge in [-0.15, -0.1) is 0 Å². The monoisotopic (exact) mass is 251 g/mol. The van der Waals surface area contributed by atoms with Crippen LogP contribution in [0, 0.1) is 0 Å². The third-order valence-corrected chi connectivity index (χ3v) is 2.34. The summed E-state index contributed by atoms with van der Waals surface area (Å²) < 4.78 is 9.37. The largest absolute Gasteiger partial charge is 0.453 e. The number of methoxy groups -OCH3 is 1. The number of rotatable bonds is 4. The summed E-state index contributed by atoms with van der Waals surface area (Å²) in [4.78, 5) is 22.1. The van der Waals surface area contributed by atoms with Crippen molar-refractivity contribution in [3.05, 3.63) is 29.8 Å². The van der Waals surface area contributed by atoms with E-state index in [4.69, 9.17) is 4.74 Å². The first-order chi connectivity index (χ1) is 8.52. The third-order valence-electron chi connectivity index (χ3n) is 2.34. The standard InChI is InChI=1S/C13H17NO4/c1-9(2)10-4-6-11(7-5-10)18-12(15)8-14-13(16)17-3/h4-7,9H,8H2,1-3H3,(H,14,16). The molecule has 0 radical (unpaired) electrons.